The second kappa shape index (κ2) is 4.92. The monoisotopic (exact) mass is 231 g/mol. The van der Waals surface area contributed by atoms with E-state index in [2.05, 4.69) is 51.2 Å². The zero-order valence-corrected chi connectivity index (χ0v) is 11.1. The number of benzene rings is 1. The van der Waals surface area contributed by atoms with Crippen LogP contribution in [-0.2, 0) is 13.0 Å². The molecule has 0 bridgehead atoms. The molecule has 0 amide bonds. The van der Waals surface area contributed by atoms with E-state index in [0.29, 0.717) is 6.04 Å². The normalized spacial score (nSPS) is 11.6. The third-order valence-corrected chi connectivity index (χ3v) is 3.18. The largest absolute Gasteiger partial charge is 0.459 e. The molecule has 0 radical (unpaired) electrons. The van der Waals surface area contributed by atoms with Crippen LogP contribution < -0.4 is 5.32 Å². The molecule has 2 nitrogen and oxygen atoms in total. The Morgan fingerprint density at radius 3 is 2.71 bits per heavy atom. The van der Waals surface area contributed by atoms with Gasteiger partial charge < -0.3 is 9.73 Å². The highest BCUT2D eigenvalue weighted by Crippen LogP contribution is 2.26. The Balaban J connectivity index is 2.35. The van der Waals surface area contributed by atoms with Gasteiger partial charge in [0.15, 0.2) is 0 Å². The summed E-state index contributed by atoms with van der Waals surface area (Å²) in [6.45, 7) is 9.42. The average molecular weight is 231 g/mol. The van der Waals surface area contributed by atoms with Crippen LogP contribution in [0.3, 0.4) is 0 Å². The summed E-state index contributed by atoms with van der Waals surface area (Å²) in [6, 6.07) is 6.95. The maximum Gasteiger partial charge on any atom is 0.134 e. The molecule has 0 spiro atoms. The van der Waals surface area contributed by atoms with Gasteiger partial charge in [-0.2, -0.15) is 0 Å². The summed E-state index contributed by atoms with van der Waals surface area (Å²) in [5, 5.41) is 4.65. The maximum absolute atomic E-state index is 5.89. The first-order valence-electron chi connectivity index (χ1n) is 6.36. The molecule has 1 heterocycles. The highest BCUT2D eigenvalue weighted by atomic mass is 16.3. The lowest BCUT2D eigenvalue weighted by Crippen LogP contribution is -2.21. The van der Waals surface area contributed by atoms with Crippen molar-refractivity contribution >= 4 is 11.0 Å². The fourth-order valence-corrected chi connectivity index (χ4v) is 2.00. The third kappa shape index (κ3) is 2.52. The van der Waals surface area contributed by atoms with E-state index in [4.69, 9.17) is 4.42 Å². The van der Waals surface area contributed by atoms with E-state index in [1.165, 1.54) is 16.5 Å². The van der Waals surface area contributed by atoms with E-state index in [-0.39, 0.29) is 0 Å². The number of rotatable bonds is 4. The molecular weight excluding hydrogens is 210 g/mol. The minimum absolute atomic E-state index is 0.480. The molecule has 0 fully saturated rings. The molecule has 0 aliphatic heterocycles. The summed E-state index contributed by atoms with van der Waals surface area (Å²) < 4.78 is 5.89. The molecule has 0 saturated carbocycles. The Morgan fingerprint density at radius 2 is 2.06 bits per heavy atom. The van der Waals surface area contributed by atoms with Crippen molar-refractivity contribution in [3.05, 3.63) is 35.1 Å². The minimum atomic E-state index is 0.480. The fourth-order valence-electron chi connectivity index (χ4n) is 2.00. The van der Waals surface area contributed by atoms with Crippen LogP contribution in [0.5, 0.6) is 0 Å². The molecule has 0 unspecified atom stereocenters. The number of fused-ring (bicyclic) bond motifs is 1. The smallest absolute Gasteiger partial charge is 0.134 e. The van der Waals surface area contributed by atoms with E-state index in [9.17, 15) is 0 Å². The predicted molar refractivity (Wildman–Crippen MR) is 72.3 cm³/mol. The number of hydrogen-bond donors (Lipinski definition) is 1. The highest BCUT2D eigenvalue weighted by molar-refractivity contribution is 5.82. The van der Waals surface area contributed by atoms with Gasteiger partial charge in [-0.15, -0.1) is 0 Å². The molecule has 2 aromatic rings. The summed E-state index contributed by atoms with van der Waals surface area (Å²) in [5.74, 6) is 1.06. The van der Waals surface area contributed by atoms with Crippen LogP contribution in [0.15, 0.2) is 22.6 Å². The van der Waals surface area contributed by atoms with E-state index in [1.54, 1.807) is 0 Å². The molecule has 0 aliphatic rings. The van der Waals surface area contributed by atoms with E-state index in [0.717, 1.165) is 24.3 Å². The van der Waals surface area contributed by atoms with Gasteiger partial charge >= 0.3 is 0 Å². The van der Waals surface area contributed by atoms with Crippen molar-refractivity contribution in [3.63, 3.8) is 0 Å². The SMILES string of the molecule is CCc1ccc2oc(CNC(C)C)c(C)c2c1. The lowest BCUT2D eigenvalue weighted by atomic mass is 10.1. The summed E-state index contributed by atoms with van der Waals surface area (Å²) in [7, 11) is 0. The Kier molecular flexibility index (Phi) is 3.53. The van der Waals surface area contributed by atoms with E-state index in [1.807, 2.05) is 0 Å². The Hall–Kier alpha value is -1.28. The van der Waals surface area contributed by atoms with Crippen molar-refractivity contribution in [1.29, 1.82) is 0 Å². The third-order valence-electron chi connectivity index (χ3n) is 3.18. The number of aryl methyl sites for hydroxylation is 2. The number of nitrogens with one attached hydrogen (secondary N) is 1. The summed E-state index contributed by atoms with van der Waals surface area (Å²) in [6.07, 6.45) is 1.07. The first kappa shape index (κ1) is 12.2. The molecule has 0 atom stereocenters. The predicted octanol–water partition coefficient (Wildman–Crippen LogP) is 3.80. The van der Waals surface area contributed by atoms with Crippen molar-refractivity contribution < 1.29 is 4.42 Å². The van der Waals surface area contributed by atoms with Crippen LogP contribution in [0.25, 0.3) is 11.0 Å². The van der Waals surface area contributed by atoms with Gasteiger partial charge in [-0.05, 0) is 36.6 Å². The van der Waals surface area contributed by atoms with E-state index < -0.39 is 0 Å². The molecule has 2 heteroatoms. The molecule has 17 heavy (non-hydrogen) atoms. The minimum Gasteiger partial charge on any atom is -0.459 e. The van der Waals surface area contributed by atoms with Crippen LogP contribution in [0.4, 0.5) is 0 Å². The van der Waals surface area contributed by atoms with Gasteiger partial charge in [0.05, 0.1) is 6.54 Å². The average Bonchev–Trinajstić information content (AvgIpc) is 2.63. The zero-order valence-electron chi connectivity index (χ0n) is 11.1. The lowest BCUT2D eigenvalue weighted by molar-refractivity contribution is 0.485. The Labute approximate surface area is 103 Å². The fraction of sp³-hybridized carbons (Fsp3) is 0.467. The van der Waals surface area contributed by atoms with Gasteiger partial charge in [-0.3, -0.25) is 0 Å². The molecule has 92 valence electrons. The first-order chi connectivity index (χ1) is 8.11. The van der Waals surface area contributed by atoms with Gasteiger partial charge in [0.2, 0.25) is 0 Å². The standard InChI is InChI=1S/C15H21NO/c1-5-12-6-7-14-13(8-12)11(4)15(17-14)9-16-10(2)3/h6-8,10,16H,5,9H2,1-4H3. The first-order valence-corrected chi connectivity index (χ1v) is 6.36. The van der Waals surface area contributed by atoms with Crippen molar-refractivity contribution in [1.82, 2.24) is 5.32 Å². The van der Waals surface area contributed by atoms with Crippen molar-refractivity contribution in [2.45, 2.75) is 46.7 Å². The van der Waals surface area contributed by atoms with Crippen LogP contribution in [-0.4, -0.2) is 6.04 Å². The highest BCUT2D eigenvalue weighted by Gasteiger charge is 2.10. The van der Waals surface area contributed by atoms with Crippen LogP contribution >= 0.6 is 0 Å². The summed E-state index contributed by atoms with van der Waals surface area (Å²) in [4.78, 5) is 0. The summed E-state index contributed by atoms with van der Waals surface area (Å²) in [5.41, 5.74) is 3.63. The summed E-state index contributed by atoms with van der Waals surface area (Å²) >= 11 is 0. The molecule has 1 aromatic carbocycles. The number of hydrogen-bond acceptors (Lipinski definition) is 2. The van der Waals surface area contributed by atoms with Crippen LogP contribution in [0.1, 0.15) is 37.7 Å². The molecule has 2 rings (SSSR count). The van der Waals surface area contributed by atoms with E-state index >= 15 is 0 Å². The molecule has 0 saturated heterocycles. The van der Waals surface area contributed by atoms with Crippen molar-refractivity contribution in [2.75, 3.05) is 0 Å². The zero-order chi connectivity index (χ0) is 12.4. The quantitative estimate of drug-likeness (QED) is 0.865. The van der Waals surface area contributed by atoms with Gasteiger partial charge in [-0.25, -0.2) is 0 Å². The maximum atomic E-state index is 5.89. The lowest BCUT2D eigenvalue weighted by Gasteiger charge is -2.05. The van der Waals surface area contributed by atoms with Gasteiger partial charge in [-0.1, -0.05) is 26.8 Å². The van der Waals surface area contributed by atoms with Crippen LogP contribution in [0, 0.1) is 6.92 Å². The Morgan fingerprint density at radius 1 is 1.29 bits per heavy atom. The topological polar surface area (TPSA) is 25.2 Å². The van der Waals surface area contributed by atoms with Gasteiger partial charge in [0, 0.05) is 11.4 Å². The van der Waals surface area contributed by atoms with Gasteiger partial charge in [0.1, 0.15) is 11.3 Å². The van der Waals surface area contributed by atoms with Gasteiger partial charge in [0.25, 0.3) is 0 Å². The Bertz CT molecular complexity index is 511. The molecule has 1 aromatic heterocycles. The van der Waals surface area contributed by atoms with Crippen molar-refractivity contribution in [2.24, 2.45) is 0 Å². The second-order valence-corrected chi connectivity index (χ2v) is 4.87. The molecule has 0 aliphatic carbocycles. The second-order valence-electron chi connectivity index (χ2n) is 4.87. The van der Waals surface area contributed by atoms with Crippen LogP contribution in [0.2, 0.25) is 0 Å². The molecular formula is C15H21NO. The van der Waals surface area contributed by atoms with Crippen molar-refractivity contribution in [3.8, 4) is 0 Å². The molecule has 1 N–H and O–H groups in total. The number of furan rings is 1.